The van der Waals surface area contributed by atoms with Crippen LogP contribution in [0.25, 0.3) is 22.4 Å². The van der Waals surface area contributed by atoms with E-state index in [1.165, 1.54) is 19.2 Å². The maximum atomic E-state index is 13.1. The van der Waals surface area contributed by atoms with Crippen molar-refractivity contribution in [3.63, 3.8) is 0 Å². The van der Waals surface area contributed by atoms with Crippen molar-refractivity contribution >= 4 is 38.3 Å². The molecule has 1 amide bonds. The van der Waals surface area contributed by atoms with Gasteiger partial charge >= 0.3 is 0 Å². The number of aryl methyl sites for hydroxylation is 1. The molecule has 0 unspecified atom stereocenters. The number of sulfonamides is 1. The molecule has 0 aliphatic rings. The number of H-pyrrole nitrogens is 1. The minimum atomic E-state index is -3.96. The molecule has 0 aliphatic carbocycles. The molecular formula is C28H24N4O4S. The summed E-state index contributed by atoms with van der Waals surface area (Å²) in [6.45, 7) is 1.75. The van der Waals surface area contributed by atoms with Gasteiger partial charge in [0.05, 0.1) is 28.7 Å². The number of amides is 1. The summed E-state index contributed by atoms with van der Waals surface area (Å²) >= 11 is 0. The number of anilines is 2. The molecule has 0 spiro atoms. The standard InChI is InChI=1S/C28H24N4O4S/c1-18-11-16-21(37(34,35)32-25-9-5-6-10-26(25)36-2)17-22(18)28(33)29-20-14-12-19(13-15-20)27-30-23-7-3-4-8-24(23)31-27/h3-17,32H,1-2H3,(H,29,33)(H,30,31). The highest BCUT2D eigenvalue weighted by molar-refractivity contribution is 7.92. The number of nitrogens with one attached hydrogen (secondary N) is 3. The van der Waals surface area contributed by atoms with E-state index in [9.17, 15) is 13.2 Å². The zero-order valence-corrected chi connectivity index (χ0v) is 21.0. The second kappa shape index (κ2) is 9.79. The van der Waals surface area contributed by atoms with E-state index < -0.39 is 15.9 Å². The summed E-state index contributed by atoms with van der Waals surface area (Å²) in [6, 6.07) is 26.2. The number of aromatic nitrogens is 2. The third-order valence-corrected chi connectivity index (χ3v) is 7.28. The van der Waals surface area contributed by atoms with Crippen molar-refractivity contribution in [2.24, 2.45) is 0 Å². The van der Waals surface area contributed by atoms with Crippen LogP contribution in [-0.4, -0.2) is 31.4 Å². The van der Waals surface area contributed by atoms with E-state index in [4.69, 9.17) is 4.74 Å². The number of rotatable bonds is 7. The summed E-state index contributed by atoms with van der Waals surface area (Å²) in [5, 5.41) is 2.85. The lowest BCUT2D eigenvalue weighted by Gasteiger charge is -2.13. The second-order valence-electron chi connectivity index (χ2n) is 8.42. The Kier molecular flexibility index (Phi) is 6.37. The van der Waals surface area contributed by atoms with Crippen molar-refractivity contribution < 1.29 is 17.9 Å². The molecule has 186 valence electrons. The van der Waals surface area contributed by atoms with E-state index in [0.717, 1.165) is 22.4 Å². The van der Waals surface area contributed by atoms with Gasteiger partial charge in [0.2, 0.25) is 0 Å². The van der Waals surface area contributed by atoms with E-state index in [-0.39, 0.29) is 10.5 Å². The number of carbonyl (C=O) groups is 1. The van der Waals surface area contributed by atoms with Gasteiger partial charge in [-0.1, -0.05) is 30.3 Å². The second-order valence-corrected chi connectivity index (χ2v) is 10.1. The third-order valence-electron chi connectivity index (χ3n) is 5.92. The molecule has 0 fully saturated rings. The van der Waals surface area contributed by atoms with Crippen LogP contribution >= 0.6 is 0 Å². The number of methoxy groups -OCH3 is 1. The first-order valence-corrected chi connectivity index (χ1v) is 13.0. The average Bonchev–Trinajstić information content (AvgIpc) is 3.34. The Morgan fingerprint density at radius 3 is 2.41 bits per heavy atom. The number of fused-ring (bicyclic) bond motifs is 1. The molecule has 0 bridgehead atoms. The smallest absolute Gasteiger partial charge is 0.262 e. The van der Waals surface area contributed by atoms with Crippen LogP contribution in [0, 0.1) is 6.92 Å². The number of hydrogen-bond donors (Lipinski definition) is 3. The Labute approximate surface area is 214 Å². The van der Waals surface area contributed by atoms with Crippen molar-refractivity contribution in [2.75, 3.05) is 17.1 Å². The van der Waals surface area contributed by atoms with Crippen LogP contribution in [0.2, 0.25) is 0 Å². The Balaban J connectivity index is 1.35. The first kappa shape index (κ1) is 24.1. The summed E-state index contributed by atoms with van der Waals surface area (Å²) in [6.07, 6.45) is 0. The van der Waals surface area contributed by atoms with Gasteiger partial charge < -0.3 is 15.0 Å². The van der Waals surface area contributed by atoms with Gasteiger partial charge in [-0.3, -0.25) is 9.52 Å². The maximum Gasteiger partial charge on any atom is 0.262 e. The first-order valence-electron chi connectivity index (χ1n) is 11.5. The van der Waals surface area contributed by atoms with Crippen LogP contribution in [0.4, 0.5) is 11.4 Å². The monoisotopic (exact) mass is 512 g/mol. The predicted molar refractivity (Wildman–Crippen MR) is 144 cm³/mol. The van der Waals surface area contributed by atoms with Gasteiger partial charge in [-0.2, -0.15) is 0 Å². The fraction of sp³-hybridized carbons (Fsp3) is 0.0714. The normalized spacial score (nSPS) is 11.3. The van der Waals surface area contributed by atoms with Crippen molar-refractivity contribution in [3.8, 4) is 17.1 Å². The summed E-state index contributed by atoms with van der Waals surface area (Å²) in [7, 11) is -2.50. The van der Waals surface area contributed by atoms with Gasteiger partial charge in [0, 0.05) is 16.8 Å². The molecule has 0 aliphatic heterocycles. The van der Waals surface area contributed by atoms with Crippen molar-refractivity contribution in [2.45, 2.75) is 11.8 Å². The molecule has 5 rings (SSSR count). The van der Waals surface area contributed by atoms with E-state index in [1.54, 1.807) is 49.4 Å². The van der Waals surface area contributed by atoms with Gasteiger partial charge in [0.15, 0.2) is 0 Å². The van der Waals surface area contributed by atoms with Gasteiger partial charge in [0.1, 0.15) is 11.6 Å². The van der Waals surface area contributed by atoms with Gasteiger partial charge in [-0.15, -0.1) is 0 Å². The van der Waals surface area contributed by atoms with Gasteiger partial charge in [0.25, 0.3) is 15.9 Å². The van der Waals surface area contributed by atoms with E-state index in [0.29, 0.717) is 22.7 Å². The van der Waals surface area contributed by atoms with E-state index >= 15 is 0 Å². The van der Waals surface area contributed by atoms with Crippen LogP contribution in [0.1, 0.15) is 15.9 Å². The number of para-hydroxylation sites is 4. The Bertz CT molecular complexity index is 1680. The third kappa shape index (κ3) is 5.03. The fourth-order valence-electron chi connectivity index (χ4n) is 3.94. The molecule has 0 saturated carbocycles. The Morgan fingerprint density at radius 2 is 1.65 bits per heavy atom. The lowest BCUT2D eigenvalue weighted by Crippen LogP contribution is -2.17. The Morgan fingerprint density at radius 1 is 0.919 bits per heavy atom. The lowest BCUT2D eigenvalue weighted by molar-refractivity contribution is 0.102. The molecule has 9 heteroatoms. The lowest BCUT2D eigenvalue weighted by atomic mass is 10.1. The zero-order valence-electron chi connectivity index (χ0n) is 20.1. The summed E-state index contributed by atoms with van der Waals surface area (Å²) in [5.41, 5.74) is 4.48. The molecule has 4 aromatic carbocycles. The Hall–Kier alpha value is -4.63. The summed E-state index contributed by atoms with van der Waals surface area (Å²) < 4.78 is 33.8. The molecular weight excluding hydrogens is 488 g/mol. The number of hydrogen-bond acceptors (Lipinski definition) is 5. The maximum absolute atomic E-state index is 13.1. The number of ether oxygens (including phenoxy) is 1. The molecule has 3 N–H and O–H groups in total. The van der Waals surface area contributed by atoms with Crippen LogP contribution in [0.15, 0.2) is 95.9 Å². The first-order chi connectivity index (χ1) is 17.8. The van der Waals surface area contributed by atoms with Crippen LogP contribution in [-0.2, 0) is 10.0 Å². The van der Waals surface area contributed by atoms with E-state index in [2.05, 4.69) is 20.0 Å². The highest BCUT2D eigenvalue weighted by Crippen LogP contribution is 2.27. The van der Waals surface area contributed by atoms with Crippen molar-refractivity contribution in [1.29, 1.82) is 0 Å². The van der Waals surface area contributed by atoms with Gasteiger partial charge in [-0.25, -0.2) is 13.4 Å². The fourth-order valence-corrected chi connectivity index (χ4v) is 5.04. The molecule has 37 heavy (non-hydrogen) atoms. The number of benzene rings is 4. The zero-order chi connectivity index (χ0) is 26.0. The molecule has 1 aromatic heterocycles. The average molecular weight is 513 g/mol. The summed E-state index contributed by atoms with van der Waals surface area (Å²) in [5.74, 6) is 0.709. The molecule has 8 nitrogen and oxygen atoms in total. The molecule has 5 aromatic rings. The number of imidazole rings is 1. The summed E-state index contributed by atoms with van der Waals surface area (Å²) in [4.78, 5) is 20.9. The quantitative estimate of drug-likeness (QED) is 0.263. The number of carbonyl (C=O) groups excluding carboxylic acids is 1. The predicted octanol–water partition coefficient (Wildman–Crippen LogP) is 5.60. The molecule has 1 heterocycles. The largest absolute Gasteiger partial charge is 0.495 e. The molecule has 0 saturated heterocycles. The van der Waals surface area contributed by atoms with Crippen LogP contribution in [0.5, 0.6) is 5.75 Å². The van der Waals surface area contributed by atoms with Gasteiger partial charge in [-0.05, 0) is 73.2 Å². The van der Waals surface area contributed by atoms with Crippen molar-refractivity contribution in [1.82, 2.24) is 9.97 Å². The number of nitrogens with zero attached hydrogens (tertiary/aromatic N) is 1. The van der Waals surface area contributed by atoms with Crippen molar-refractivity contribution in [3.05, 3.63) is 102 Å². The topological polar surface area (TPSA) is 113 Å². The minimum absolute atomic E-state index is 0.0330. The minimum Gasteiger partial charge on any atom is -0.495 e. The SMILES string of the molecule is COc1ccccc1NS(=O)(=O)c1ccc(C)c(C(=O)Nc2ccc(-c3nc4ccccc4[nH]3)cc2)c1. The number of aromatic amines is 1. The highest BCUT2D eigenvalue weighted by atomic mass is 32.2. The molecule has 0 radical (unpaired) electrons. The van der Waals surface area contributed by atoms with E-state index in [1.807, 2.05) is 36.4 Å². The highest BCUT2D eigenvalue weighted by Gasteiger charge is 2.20. The van der Waals surface area contributed by atoms with Crippen LogP contribution < -0.4 is 14.8 Å². The van der Waals surface area contributed by atoms with Crippen LogP contribution in [0.3, 0.4) is 0 Å². The molecule has 0 atom stereocenters.